The molecule has 3 rings (SSSR count). The van der Waals surface area contributed by atoms with E-state index in [1.54, 1.807) is 26.0 Å². The van der Waals surface area contributed by atoms with Crippen LogP contribution in [0.3, 0.4) is 0 Å². The predicted octanol–water partition coefficient (Wildman–Crippen LogP) is 2.36. The highest BCUT2D eigenvalue weighted by Crippen LogP contribution is 2.35. The number of hydrogen-bond acceptors (Lipinski definition) is 9. The molecule has 2 aliphatic heterocycles. The molecular weight excluding hydrogens is 430 g/mol. The molecule has 0 spiro atoms. The Morgan fingerprint density at radius 1 is 1.10 bits per heavy atom. The van der Waals surface area contributed by atoms with Crippen LogP contribution in [0.2, 0.25) is 5.02 Å². The average Bonchev–Trinajstić information content (AvgIpc) is 2.75. The maximum Gasteiger partial charge on any atom is 0.336 e. The summed E-state index contributed by atoms with van der Waals surface area (Å²) in [5, 5.41) is 3.34. The zero-order valence-electron chi connectivity index (χ0n) is 17.5. The molecule has 0 fully saturated rings. The first-order valence-electron chi connectivity index (χ1n) is 9.32. The number of methoxy groups -OCH3 is 2. The smallest absolute Gasteiger partial charge is 0.336 e. The van der Waals surface area contributed by atoms with Crippen LogP contribution in [0.5, 0.6) is 5.75 Å². The molecule has 2 heterocycles. The van der Waals surface area contributed by atoms with Crippen molar-refractivity contribution in [2.75, 3.05) is 21.0 Å². The van der Waals surface area contributed by atoms with Gasteiger partial charge in [-0.15, -0.1) is 0 Å². The molecule has 0 radical (unpaired) electrons. The van der Waals surface area contributed by atoms with E-state index in [4.69, 9.17) is 35.3 Å². The van der Waals surface area contributed by atoms with Gasteiger partial charge >= 0.3 is 17.9 Å². The number of rotatable bonds is 5. The molecular formula is C21H22ClNO8. The molecule has 1 aromatic carbocycles. The van der Waals surface area contributed by atoms with Gasteiger partial charge in [-0.05, 0) is 26.0 Å². The van der Waals surface area contributed by atoms with Crippen molar-refractivity contribution in [3.05, 3.63) is 50.8 Å². The number of nitrogens with one attached hydrogen (secondary N) is 1. The lowest BCUT2D eigenvalue weighted by molar-refractivity contribution is -0.152. The summed E-state index contributed by atoms with van der Waals surface area (Å²) in [6.07, 6.45) is 0. The van der Waals surface area contributed by atoms with Gasteiger partial charge in [-0.2, -0.15) is 0 Å². The van der Waals surface area contributed by atoms with Crippen LogP contribution >= 0.6 is 11.6 Å². The van der Waals surface area contributed by atoms with Gasteiger partial charge in [-0.1, -0.05) is 11.6 Å². The van der Waals surface area contributed by atoms with Crippen molar-refractivity contribution in [2.45, 2.75) is 27.1 Å². The van der Waals surface area contributed by atoms with Crippen LogP contribution in [0.25, 0.3) is 0 Å². The average molecular weight is 452 g/mol. The maximum atomic E-state index is 13.1. The van der Waals surface area contributed by atoms with Crippen LogP contribution in [-0.2, 0) is 46.5 Å². The minimum Gasteiger partial charge on any atom is -0.467 e. The van der Waals surface area contributed by atoms with E-state index in [0.717, 1.165) is 5.56 Å². The summed E-state index contributed by atoms with van der Waals surface area (Å²) in [7, 11) is 2.37. The zero-order valence-corrected chi connectivity index (χ0v) is 18.3. The molecule has 0 aliphatic carbocycles. The normalized spacial score (nSPS) is 16.2. The molecule has 0 saturated carbocycles. The third-order valence-corrected chi connectivity index (χ3v) is 5.15. The van der Waals surface area contributed by atoms with E-state index in [2.05, 4.69) is 5.32 Å². The van der Waals surface area contributed by atoms with Gasteiger partial charge in [0.25, 0.3) is 0 Å². The molecule has 1 N–H and O–H groups in total. The van der Waals surface area contributed by atoms with Crippen molar-refractivity contribution in [1.29, 1.82) is 0 Å². The lowest BCUT2D eigenvalue weighted by atomic mass is 9.85. The van der Waals surface area contributed by atoms with E-state index in [-0.39, 0.29) is 24.5 Å². The Kier molecular flexibility index (Phi) is 6.87. The Morgan fingerprint density at radius 3 is 2.29 bits per heavy atom. The Balaban J connectivity index is 1.93. The quantitative estimate of drug-likeness (QED) is 0.532. The number of benzene rings is 1. The fourth-order valence-corrected chi connectivity index (χ4v) is 3.85. The monoisotopic (exact) mass is 451 g/mol. The molecule has 166 valence electrons. The van der Waals surface area contributed by atoms with Crippen LogP contribution in [0.4, 0.5) is 0 Å². The summed E-state index contributed by atoms with van der Waals surface area (Å²) in [5.41, 5.74) is 1.95. The van der Waals surface area contributed by atoms with Crippen LogP contribution < -0.4 is 10.1 Å². The van der Waals surface area contributed by atoms with Crippen molar-refractivity contribution in [3.63, 3.8) is 0 Å². The molecule has 0 bridgehead atoms. The maximum absolute atomic E-state index is 13.1. The van der Waals surface area contributed by atoms with Crippen LogP contribution in [0.15, 0.2) is 34.7 Å². The molecule has 0 amide bonds. The first-order chi connectivity index (χ1) is 14.8. The fourth-order valence-electron chi connectivity index (χ4n) is 3.59. The number of ether oxygens (including phenoxy) is 5. The molecule has 10 heteroatoms. The van der Waals surface area contributed by atoms with Gasteiger partial charge in [0.1, 0.15) is 18.3 Å². The molecule has 31 heavy (non-hydrogen) atoms. The second kappa shape index (κ2) is 9.40. The molecule has 0 saturated heterocycles. The van der Waals surface area contributed by atoms with Gasteiger partial charge in [0.2, 0.25) is 0 Å². The Hall–Kier alpha value is -3.04. The molecule has 0 unspecified atom stereocenters. The van der Waals surface area contributed by atoms with Crippen LogP contribution in [0.1, 0.15) is 25.0 Å². The number of hydrogen-bond donors (Lipinski definition) is 1. The van der Waals surface area contributed by atoms with Crippen molar-refractivity contribution < 1.29 is 38.1 Å². The molecule has 0 aromatic heterocycles. The number of carbonyl (C=O) groups is 3. The van der Waals surface area contributed by atoms with Gasteiger partial charge in [-0.25, -0.2) is 9.59 Å². The van der Waals surface area contributed by atoms with Gasteiger partial charge < -0.3 is 29.0 Å². The van der Waals surface area contributed by atoms with Crippen LogP contribution in [-0.4, -0.2) is 38.9 Å². The fraction of sp³-hybridized carbons (Fsp3) is 0.381. The first-order valence-corrected chi connectivity index (χ1v) is 9.69. The summed E-state index contributed by atoms with van der Waals surface area (Å²) in [6, 6.07) is 3.32. The summed E-state index contributed by atoms with van der Waals surface area (Å²) in [6.45, 7) is 3.39. The lowest BCUT2D eigenvalue weighted by Gasteiger charge is -2.28. The highest BCUT2D eigenvalue weighted by molar-refractivity contribution is 6.30. The molecule has 9 nitrogen and oxygen atoms in total. The van der Waals surface area contributed by atoms with Crippen molar-refractivity contribution >= 4 is 29.5 Å². The van der Waals surface area contributed by atoms with Crippen molar-refractivity contribution in [1.82, 2.24) is 5.32 Å². The lowest BCUT2D eigenvalue weighted by Crippen LogP contribution is -2.37. The topological polar surface area (TPSA) is 109 Å². The third kappa shape index (κ3) is 4.52. The third-order valence-electron chi connectivity index (χ3n) is 4.93. The minimum atomic E-state index is -1.32. The summed E-state index contributed by atoms with van der Waals surface area (Å²) < 4.78 is 25.9. The predicted molar refractivity (Wildman–Crippen MR) is 108 cm³/mol. The van der Waals surface area contributed by atoms with Gasteiger partial charge in [0.15, 0.2) is 6.79 Å². The Bertz CT molecular complexity index is 959. The standard InChI is InChI=1S/C21H22ClNO8/c1-10-15(19(24)27-3)17(16(11(2)23-10)20(25)28-4)21(26)30-8-13-6-14(22)5-12-7-29-9-31-18(12)13/h5-6,17,23H,7-9H2,1-4H3. The number of dihydropyridines is 1. The minimum absolute atomic E-state index is 0.0312. The molecule has 2 aliphatic rings. The number of halogens is 1. The van der Waals surface area contributed by atoms with E-state index in [1.807, 2.05) is 0 Å². The highest BCUT2D eigenvalue weighted by Gasteiger charge is 2.42. The number of esters is 3. The summed E-state index contributed by atoms with van der Waals surface area (Å²) >= 11 is 6.15. The number of fused-ring (bicyclic) bond motifs is 1. The largest absolute Gasteiger partial charge is 0.467 e. The number of allylic oxidation sites excluding steroid dienone is 2. The van der Waals surface area contributed by atoms with E-state index >= 15 is 0 Å². The van der Waals surface area contributed by atoms with Gasteiger partial charge in [0, 0.05) is 27.5 Å². The summed E-state index contributed by atoms with van der Waals surface area (Å²) in [5.74, 6) is -3.14. The van der Waals surface area contributed by atoms with Crippen LogP contribution in [0, 0.1) is 5.92 Å². The second-order valence-electron chi connectivity index (χ2n) is 6.89. The van der Waals surface area contributed by atoms with E-state index in [0.29, 0.717) is 34.3 Å². The molecule has 0 atom stereocenters. The van der Waals surface area contributed by atoms with Gasteiger partial charge in [0.05, 0.1) is 32.0 Å². The van der Waals surface area contributed by atoms with E-state index < -0.39 is 23.8 Å². The highest BCUT2D eigenvalue weighted by atomic mass is 35.5. The number of carbonyl (C=O) groups excluding carboxylic acids is 3. The SMILES string of the molecule is COC(=O)C1=C(C)NC(C)=C(C(=O)OC)C1C(=O)OCc1cc(Cl)cc2c1OCOC2. The summed E-state index contributed by atoms with van der Waals surface area (Å²) in [4.78, 5) is 38.0. The van der Waals surface area contributed by atoms with E-state index in [9.17, 15) is 14.4 Å². The van der Waals surface area contributed by atoms with Crippen molar-refractivity contribution in [2.24, 2.45) is 5.92 Å². The Labute approximate surface area is 183 Å². The molecule has 1 aromatic rings. The van der Waals surface area contributed by atoms with Gasteiger partial charge in [-0.3, -0.25) is 4.79 Å². The zero-order chi connectivity index (χ0) is 22.7. The van der Waals surface area contributed by atoms with E-state index in [1.165, 1.54) is 14.2 Å². The van der Waals surface area contributed by atoms with Crippen molar-refractivity contribution in [3.8, 4) is 5.75 Å². The Morgan fingerprint density at radius 2 is 1.71 bits per heavy atom. The first kappa shape index (κ1) is 22.6. The second-order valence-corrected chi connectivity index (χ2v) is 7.33.